The predicted molar refractivity (Wildman–Crippen MR) is 84.8 cm³/mol. The van der Waals surface area contributed by atoms with Gasteiger partial charge in [0.05, 0.1) is 0 Å². The van der Waals surface area contributed by atoms with Crippen LogP contribution in [0.15, 0.2) is 21.8 Å². The molecular weight excluding hydrogens is 302 g/mol. The first-order valence-electron chi connectivity index (χ1n) is 7.36. The third kappa shape index (κ3) is 4.50. The molecule has 1 aliphatic rings. The minimum absolute atomic E-state index is 0.193. The molecule has 1 aromatic heterocycles. The van der Waals surface area contributed by atoms with Gasteiger partial charge in [0.1, 0.15) is 11.6 Å². The number of rotatable bonds is 4. The average Bonchev–Trinajstić information content (AvgIpc) is 3.03. The number of carbonyl (C=O) groups excluding carboxylic acids is 1. The Bertz CT molecular complexity index is 550. The van der Waals surface area contributed by atoms with E-state index in [0.29, 0.717) is 17.7 Å². The zero-order valence-electron chi connectivity index (χ0n) is 13.6. The van der Waals surface area contributed by atoms with Gasteiger partial charge in [-0.15, -0.1) is 10.2 Å². The monoisotopic (exact) mass is 325 g/mol. The summed E-state index contributed by atoms with van der Waals surface area (Å²) in [4.78, 5) is 13.9. The van der Waals surface area contributed by atoms with E-state index in [2.05, 4.69) is 16.8 Å². The molecule has 1 amide bonds. The lowest BCUT2D eigenvalue weighted by atomic mass is 10.2. The van der Waals surface area contributed by atoms with E-state index in [-0.39, 0.29) is 12.1 Å². The number of likely N-dealkylation sites (tertiary alicyclic amines) is 1. The first-order valence-corrected chi connectivity index (χ1v) is 8.35. The van der Waals surface area contributed by atoms with E-state index < -0.39 is 5.60 Å². The Labute approximate surface area is 135 Å². The molecule has 2 rings (SSSR count). The number of aromatic nitrogens is 2. The van der Waals surface area contributed by atoms with Crippen LogP contribution in [-0.4, -0.2) is 39.1 Å². The standard InChI is InChI=1S/C15H23N3O3S/c1-10(2)9-22-13-17-16-12(20-13)11-7-6-8-18(11)14(19)21-15(3,4)5/h11H,1,6-9H2,2-5H3/t11-/m1/s1. The van der Waals surface area contributed by atoms with Crippen molar-refractivity contribution in [2.75, 3.05) is 12.3 Å². The van der Waals surface area contributed by atoms with Gasteiger partial charge in [-0.3, -0.25) is 4.90 Å². The third-order valence-corrected chi connectivity index (χ3v) is 4.08. The molecular formula is C15H23N3O3S. The number of ether oxygens (including phenoxy) is 1. The molecule has 1 aromatic rings. The largest absolute Gasteiger partial charge is 0.444 e. The van der Waals surface area contributed by atoms with Gasteiger partial charge in [0, 0.05) is 12.3 Å². The van der Waals surface area contributed by atoms with Gasteiger partial charge < -0.3 is 9.15 Å². The van der Waals surface area contributed by atoms with Crippen molar-refractivity contribution in [3.05, 3.63) is 18.0 Å². The Kier molecular flexibility index (Phi) is 5.16. The molecule has 1 atom stereocenters. The molecule has 0 saturated carbocycles. The summed E-state index contributed by atoms with van der Waals surface area (Å²) in [5.41, 5.74) is 0.530. The molecule has 0 aliphatic carbocycles. The van der Waals surface area contributed by atoms with Crippen molar-refractivity contribution in [1.82, 2.24) is 15.1 Å². The van der Waals surface area contributed by atoms with E-state index in [9.17, 15) is 4.79 Å². The summed E-state index contributed by atoms with van der Waals surface area (Å²) in [7, 11) is 0. The minimum Gasteiger partial charge on any atom is -0.444 e. The van der Waals surface area contributed by atoms with Crippen LogP contribution in [-0.2, 0) is 4.74 Å². The number of amides is 1. The summed E-state index contributed by atoms with van der Waals surface area (Å²) in [6.07, 6.45) is 1.39. The zero-order valence-corrected chi connectivity index (χ0v) is 14.4. The molecule has 7 heteroatoms. The van der Waals surface area contributed by atoms with Gasteiger partial charge in [0.15, 0.2) is 0 Å². The summed E-state index contributed by atoms with van der Waals surface area (Å²) >= 11 is 1.45. The Hall–Kier alpha value is -1.50. The topological polar surface area (TPSA) is 68.5 Å². The van der Waals surface area contributed by atoms with Gasteiger partial charge in [-0.05, 0) is 40.5 Å². The van der Waals surface area contributed by atoms with E-state index in [0.717, 1.165) is 24.2 Å². The lowest BCUT2D eigenvalue weighted by Gasteiger charge is -2.27. The van der Waals surface area contributed by atoms with Crippen LogP contribution >= 0.6 is 11.8 Å². The number of carbonyl (C=O) groups is 1. The maximum Gasteiger partial charge on any atom is 0.410 e. The van der Waals surface area contributed by atoms with Crippen LogP contribution in [0.5, 0.6) is 0 Å². The lowest BCUT2D eigenvalue weighted by molar-refractivity contribution is 0.0201. The summed E-state index contributed by atoms with van der Waals surface area (Å²) in [6, 6.07) is -0.193. The summed E-state index contributed by atoms with van der Waals surface area (Å²) in [5, 5.41) is 8.62. The van der Waals surface area contributed by atoms with Crippen LogP contribution in [0.2, 0.25) is 0 Å². The van der Waals surface area contributed by atoms with Crippen molar-refractivity contribution in [1.29, 1.82) is 0 Å². The Morgan fingerprint density at radius 3 is 2.86 bits per heavy atom. The van der Waals surface area contributed by atoms with Crippen LogP contribution < -0.4 is 0 Å². The summed E-state index contributed by atoms with van der Waals surface area (Å²) in [5.74, 6) is 1.22. The molecule has 0 spiro atoms. The van der Waals surface area contributed by atoms with E-state index in [1.165, 1.54) is 11.8 Å². The van der Waals surface area contributed by atoms with Crippen LogP contribution in [0, 0.1) is 0 Å². The SMILES string of the molecule is C=C(C)CSc1nnc([C@H]2CCCN2C(=O)OC(C)(C)C)o1. The van der Waals surface area contributed by atoms with Gasteiger partial charge in [-0.1, -0.05) is 23.9 Å². The van der Waals surface area contributed by atoms with Crippen molar-refractivity contribution in [3.63, 3.8) is 0 Å². The Morgan fingerprint density at radius 1 is 1.50 bits per heavy atom. The minimum atomic E-state index is -0.512. The van der Waals surface area contributed by atoms with Gasteiger partial charge in [0.25, 0.3) is 5.22 Å². The predicted octanol–water partition coefficient (Wildman–Crippen LogP) is 3.81. The zero-order chi connectivity index (χ0) is 16.3. The van der Waals surface area contributed by atoms with Crippen molar-refractivity contribution in [2.24, 2.45) is 0 Å². The van der Waals surface area contributed by atoms with Gasteiger partial charge in [0.2, 0.25) is 5.89 Å². The second kappa shape index (κ2) is 6.73. The van der Waals surface area contributed by atoms with E-state index >= 15 is 0 Å². The van der Waals surface area contributed by atoms with Crippen LogP contribution in [0.1, 0.15) is 52.5 Å². The van der Waals surface area contributed by atoms with Crippen molar-refractivity contribution in [2.45, 2.75) is 57.4 Å². The fraction of sp³-hybridized carbons (Fsp3) is 0.667. The van der Waals surface area contributed by atoms with Crippen molar-refractivity contribution < 1.29 is 13.9 Å². The molecule has 1 saturated heterocycles. The molecule has 0 unspecified atom stereocenters. The number of thioether (sulfide) groups is 1. The number of hydrogen-bond acceptors (Lipinski definition) is 6. The molecule has 1 fully saturated rings. The van der Waals surface area contributed by atoms with Crippen LogP contribution in [0.3, 0.4) is 0 Å². The van der Waals surface area contributed by atoms with Crippen molar-refractivity contribution in [3.8, 4) is 0 Å². The Morgan fingerprint density at radius 2 is 2.23 bits per heavy atom. The second-order valence-electron chi connectivity index (χ2n) is 6.48. The smallest absolute Gasteiger partial charge is 0.410 e. The highest BCUT2D eigenvalue weighted by Gasteiger charge is 2.36. The lowest BCUT2D eigenvalue weighted by Crippen LogP contribution is -2.36. The highest BCUT2D eigenvalue weighted by Crippen LogP contribution is 2.33. The fourth-order valence-electron chi connectivity index (χ4n) is 2.16. The van der Waals surface area contributed by atoms with Gasteiger partial charge in [-0.2, -0.15) is 0 Å². The maximum atomic E-state index is 12.3. The molecule has 0 radical (unpaired) electrons. The molecule has 1 aliphatic heterocycles. The highest BCUT2D eigenvalue weighted by molar-refractivity contribution is 7.99. The third-order valence-electron chi connectivity index (χ3n) is 3.03. The fourth-order valence-corrected chi connectivity index (χ4v) is 2.77. The normalized spacial score (nSPS) is 18.5. The summed E-state index contributed by atoms with van der Waals surface area (Å²) < 4.78 is 11.1. The van der Waals surface area contributed by atoms with Gasteiger partial charge >= 0.3 is 6.09 Å². The second-order valence-corrected chi connectivity index (χ2v) is 7.41. The molecule has 0 N–H and O–H groups in total. The quantitative estimate of drug-likeness (QED) is 0.619. The molecule has 2 heterocycles. The highest BCUT2D eigenvalue weighted by atomic mass is 32.2. The van der Waals surface area contributed by atoms with Crippen LogP contribution in [0.25, 0.3) is 0 Å². The van der Waals surface area contributed by atoms with E-state index in [4.69, 9.17) is 9.15 Å². The first kappa shape index (κ1) is 16.9. The average molecular weight is 325 g/mol. The molecule has 22 heavy (non-hydrogen) atoms. The van der Waals surface area contributed by atoms with Crippen LogP contribution in [0.4, 0.5) is 4.79 Å². The molecule has 6 nitrogen and oxygen atoms in total. The maximum absolute atomic E-state index is 12.3. The summed E-state index contributed by atoms with van der Waals surface area (Å²) in [6.45, 7) is 12.0. The Balaban J connectivity index is 2.04. The van der Waals surface area contributed by atoms with E-state index in [1.54, 1.807) is 4.90 Å². The molecule has 0 bridgehead atoms. The molecule has 0 aromatic carbocycles. The van der Waals surface area contributed by atoms with Gasteiger partial charge in [-0.25, -0.2) is 4.79 Å². The van der Waals surface area contributed by atoms with Crippen molar-refractivity contribution >= 4 is 17.9 Å². The van der Waals surface area contributed by atoms with E-state index in [1.807, 2.05) is 27.7 Å². The number of nitrogens with zero attached hydrogens (tertiary/aromatic N) is 3. The number of hydrogen-bond donors (Lipinski definition) is 0. The molecule has 122 valence electrons. The first-order chi connectivity index (χ1) is 10.3.